The molecule has 0 unspecified atom stereocenters. The molecular formula is C15H20N6O3. The molecule has 0 saturated carbocycles. The van der Waals surface area contributed by atoms with Gasteiger partial charge in [-0.15, -0.1) is 5.10 Å². The van der Waals surface area contributed by atoms with Crippen molar-refractivity contribution >= 4 is 11.9 Å². The van der Waals surface area contributed by atoms with Crippen molar-refractivity contribution in [3.8, 4) is 0 Å². The van der Waals surface area contributed by atoms with Crippen molar-refractivity contribution in [2.45, 2.75) is 25.8 Å². The molecule has 9 nitrogen and oxygen atoms in total. The zero-order valence-corrected chi connectivity index (χ0v) is 13.7. The van der Waals surface area contributed by atoms with Crippen molar-refractivity contribution in [1.82, 2.24) is 29.4 Å². The van der Waals surface area contributed by atoms with E-state index < -0.39 is 5.97 Å². The van der Waals surface area contributed by atoms with Crippen LogP contribution in [0.4, 0.5) is 0 Å². The lowest BCUT2D eigenvalue weighted by Crippen LogP contribution is -2.32. The summed E-state index contributed by atoms with van der Waals surface area (Å²) in [6.45, 7) is 2.93. The van der Waals surface area contributed by atoms with Gasteiger partial charge in [0.05, 0.1) is 12.1 Å². The van der Waals surface area contributed by atoms with Crippen molar-refractivity contribution in [1.29, 1.82) is 0 Å². The van der Waals surface area contributed by atoms with Gasteiger partial charge in [-0.05, 0) is 12.8 Å². The molecule has 1 aliphatic heterocycles. The highest BCUT2D eigenvalue weighted by molar-refractivity contribution is 5.77. The molecule has 1 saturated heterocycles. The van der Waals surface area contributed by atoms with E-state index in [0.29, 0.717) is 13.1 Å². The van der Waals surface area contributed by atoms with Crippen molar-refractivity contribution < 1.29 is 14.7 Å². The second-order valence-electron chi connectivity index (χ2n) is 6.18. The Hall–Kier alpha value is -2.71. The van der Waals surface area contributed by atoms with Crippen LogP contribution in [0.15, 0.2) is 18.6 Å². The van der Waals surface area contributed by atoms with Crippen LogP contribution in [0.5, 0.6) is 0 Å². The summed E-state index contributed by atoms with van der Waals surface area (Å²) in [5.74, 6) is -0.406. The molecule has 3 rings (SSSR count). The third kappa shape index (κ3) is 3.29. The Morgan fingerprint density at radius 3 is 2.75 bits per heavy atom. The summed E-state index contributed by atoms with van der Waals surface area (Å²) in [6, 6.07) is 0. The molecule has 2 aromatic heterocycles. The van der Waals surface area contributed by atoms with Gasteiger partial charge in [0.15, 0.2) is 0 Å². The van der Waals surface area contributed by atoms with Gasteiger partial charge in [0.25, 0.3) is 0 Å². The van der Waals surface area contributed by atoms with E-state index in [4.69, 9.17) is 5.11 Å². The molecule has 1 aliphatic rings. The molecule has 0 aromatic carbocycles. The summed E-state index contributed by atoms with van der Waals surface area (Å²) in [5.41, 5.74) is 0.734. The maximum atomic E-state index is 12.6. The van der Waals surface area contributed by atoms with E-state index in [1.54, 1.807) is 39.8 Å². The normalized spacial score (nSPS) is 20.5. The summed E-state index contributed by atoms with van der Waals surface area (Å²) in [4.78, 5) is 29.5. The minimum absolute atomic E-state index is 0.00905. The SMILES string of the molecule is Cc1nccn1CC(=O)N1C[C@H](CC(=O)O)[C@H](c2cn(C)nn2)C1. The Morgan fingerprint density at radius 2 is 2.17 bits per heavy atom. The van der Waals surface area contributed by atoms with Crippen LogP contribution >= 0.6 is 0 Å². The van der Waals surface area contributed by atoms with Gasteiger partial charge in [-0.2, -0.15) is 0 Å². The van der Waals surface area contributed by atoms with Crippen molar-refractivity contribution in [3.05, 3.63) is 30.1 Å². The highest BCUT2D eigenvalue weighted by atomic mass is 16.4. The van der Waals surface area contributed by atoms with Crippen LogP contribution in [0.25, 0.3) is 0 Å². The maximum absolute atomic E-state index is 12.6. The first-order chi connectivity index (χ1) is 11.4. The van der Waals surface area contributed by atoms with E-state index in [2.05, 4.69) is 15.3 Å². The fourth-order valence-corrected chi connectivity index (χ4v) is 3.19. The average molecular weight is 332 g/mol. The van der Waals surface area contributed by atoms with Gasteiger partial charge >= 0.3 is 5.97 Å². The molecule has 1 amide bonds. The number of carboxylic acid groups (broad SMARTS) is 1. The smallest absolute Gasteiger partial charge is 0.303 e. The lowest BCUT2D eigenvalue weighted by Gasteiger charge is -2.17. The standard InChI is InChI=1S/C15H20N6O3/c1-10-16-3-4-20(10)9-14(22)21-6-11(5-15(23)24)12(7-21)13-8-19(2)18-17-13/h3-4,8,11-12H,5-7,9H2,1-2H3,(H,23,24)/t11-,12+/m0/s1. The van der Waals surface area contributed by atoms with Crippen molar-refractivity contribution in [2.24, 2.45) is 13.0 Å². The molecule has 0 spiro atoms. The van der Waals surface area contributed by atoms with Crippen LogP contribution in [0, 0.1) is 12.8 Å². The molecule has 9 heteroatoms. The largest absolute Gasteiger partial charge is 0.481 e. The van der Waals surface area contributed by atoms with E-state index in [1.807, 2.05) is 6.92 Å². The monoisotopic (exact) mass is 332 g/mol. The van der Waals surface area contributed by atoms with Crippen molar-refractivity contribution in [3.63, 3.8) is 0 Å². The zero-order valence-electron chi connectivity index (χ0n) is 13.7. The van der Waals surface area contributed by atoms with Gasteiger partial charge in [0, 0.05) is 44.6 Å². The number of carbonyl (C=O) groups excluding carboxylic acids is 1. The average Bonchev–Trinajstić information content (AvgIpc) is 3.20. The van der Waals surface area contributed by atoms with Crippen LogP contribution in [-0.2, 0) is 23.2 Å². The molecule has 1 fully saturated rings. The van der Waals surface area contributed by atoms with Gasteiger partial charge in [-0.25, -0.2) is 4.98 Å². The number of carboxylic acids is 1. The Labute approximate surface area is 138 Å². The number of imidazole rings is 1. The fourth-order valence-electron chi connectivity index (χ4n) is 3.19. The van der Waals surface area contributed by atoms with E-state index in [9.17, 15) is 9.59 Å². The zero-order chi connectivity index (χ0) is 17.3. The summed E-state index contributed by atoms with van der Waals surface area (Å²) >= 11 is 0. The van der Waals surface area contributed by atoms with Gasteiger partial charge < -0.3 is 14.6 Å². The number of carbonyl (C=O) groups is 2. The third-order valence-electron chi connectivity index (χ3n) is 4.46. The summed E-state index contributed by atoms with van der Waals surface area (Å²) in [5, 5.41) is 17.2. The first kappa shape index (κ1) is 16.2. The summed E-state index contributed by atoms with van der Waals surface area (Å²) in [6.07, 6.45) is 5.21. The van der Waals surface area contributed by atoms with Crippen LogP contribution < -0.4 is 0 Å². The Balaban J connectivity index is 1.74. The number of nitrogens with zero attached hydrogens (tertiary/aromatic N) is 6. The highest BCUT2D eigenvalue weighted by Crippen LogP contribution is 2.33. The lowest BCUT2D eigenvalue weighted by atomic mass is 9.91. The number of hydrogen-bond acceptors (Lipinski definition) is 5. The van der Waals surface area contributed by atoms with Crippen LogP contribution in [0.2, 0.25) is 0 Å². The van der Waals surface area contributed by atoms with E-state index in [0.717, 1.165) is 11.5 Å². The summed E-state index contributed by atoms with van der Waals surface area (Å²) in [7, 11) is 1.77. The number of rotatable bonds is 5. The second-order valence-corrected chi connectivity index (χ2v) is 6.18. The van der Waals surface area contributed by atoms with Gasteiger partial charge in [0.1, 0.15) is 12.4 Å². The van der Waals surface area contributed by atoms with E-state index >= 15 is 0 Å². The second kappa shape index (κ2) is 6.42. The molecule has 0 aliphatic carbocycles. The molecule has 24 heavy (non-hydrogen) atoms. The first-order valence-electron chi connectivity index (χ1n) is 7.77. The molecule has 128 valence electrons. The number of amides is 1. The molecule has 0 radical (unpaired) electrons. The first-order valence-corrected chi connectivity index (χ1v) is 7.77. The Kier molecular flexibility index (Phi) is 4.32. The van der Waals surface area contributed by atoms with Crippen LogP contribution in [0.3, 0.4) is 0 Å². The Morgan fingerprint density at radius 1 is 1.38 bits per heavy atom. The molecular weight excluding hydrogens is 312 g/mol. The lowest BCUT2D eigenvalue weighted by molar-refractivity contribution is -0.138. The third-order valence-corrected chi connectivity index (χ3v) is 4.46. The maximum Gasteiger partial charge on any atom is 0.303 e. The fraction of sp³-hybridized carbons (Fsp3) is 0.533. The number of aromatic nitrogens is 5. The number of likely N-dealkylation sites (tertiary alicyclic amines) is 1. The molecule has 2 aromatic rings. The topological polar surface area (TPSA) is 106 Å². The molecule has 1 N–H and O–H groups in total. The Bertz CT molecular complexity index is 752. The van der Waals surface area contributed by atoms with Gasteiger partial charge in [-0.1, -0.05) is 5.21 Å². The van der Waals surface area contributed by atoms with E-state index in [-0.39, 0.29) is 30.7 Å². The molecule has 3 heterocycles. The summed E-state index contributed by atoms with van der Waals surface area (Å²) < 4.78 is 3.37. The predicted octanol–water partition coefficient (Wildman–Crippen LogP) is 0.0369. The quantitative estimate of drug-likeness (QED) is 0.828. The van der Waals surface area contributed by atoms with E-state index in [1.165, 1.54) is 0 Å². The van der Waals surface area contributed by atoms with Crippen LogP contribution in [0.1, 0.15) is 23.9 Å². The molecule has 0 bridgehead atoms. The number of aryl methyl sites for hydroxylation is 2. The highest BCUT2D eigenvalue weighted by Gasteiger charge is 2.38. The van der Waals surface area contributed by atoms with Gasteiger partial charge in [-0.3, -0.25) is 14.3 Å². The number of hydrogen-bond donors (Lipinski definition) is 1. The van der Waals surface area contributed by atoms with Gasteiger partial charge in [0.2, 0.25) is 5.91 Å². The molecule has 2 atom stereocenters. The minimum atomic E-state index is -0.867. The van der Waals surface area contributed by atoms with Crippen LogP contribution in [-0.4, -0.2) is 59.5 Å². The van der Waals surface area contributed by atoms with Crippen molar-refractivity contribution in [2.75, 3.05) is 13.1 Å². The number of aliphatic carboxylic acids is 1. The minimum Gasteiger partial charge on any atom is -0.481 e. The predicted molar refractivity (Wildman–Crippen MR) is 83.0 cm³/mol.